The molecule has 1 N–H and O–H groups in total. The summed E-state index contributed by atoms with van der Waals surface area (Å²) in [6.07, 6.45) is 0.0863. The van der Waals surface area contributed by atoms with Crippen molar-refractivity contribution in [2.75, 3.05) is 33.8 Å². The lowest BCUT2D eigenvalue weighted by molar-refractivity contribution is -0.0607. The lowest BCUT2D eigenvalue weighted by atomic mass is 9.94. The van der Waals surface area contributed by atoms with Gasteiger partial charge >= 0.3 is 0 Å². The molecule has 0 bridgehead atoms. The van der Waals surface area contributed by atoms with Crippen LogP contribution in [0.5, 0.6) is 0 Å². The van der Waals surface area contributed by atoms with Crippen LogP contribution in [-0.2, 0) is 4.74 Å². The maximum atomic E-state index is 9.23. The Hall–Kier alpha value is -1.41. The van der Waals surface area contributed by atoms with Crippen molar-refractivity contribution in [3.63, 3.8) is 0 Å². The van der Waals surface area contributed by atoms with Gasteiger partial charge in [-0.05, 0) is 25.7 Å². The van der Waals surface area contributed by atoms with E-state index in [1.165, 1.54) is 0 Å². The fourth-order valence-electron chi connectivity index (χ4n) is 2.53. The van der Waals surface area contributed by atoms with E-state index in [2.05, 4.69) is 23.3 Å². The van der Waals surface area contributed by atoms with Gasteiger partial charge < -0.3 is 10.1 Å². The predicted octanol–water partition coefficient (Wildman–Crippen LogP) is 1.15. The van der Waals surface area contributed by atoms with Crippen LogP contribution >= 0.6 is 0 Å². The lowest BCUT2D eigenvalue weighted by Gasteiger charge is -2.39. The number of nitriles is 1. The summed E-state index contributed by atoms with van der Waals surface area (Å²) in [6, 6.07) is 10.2. The molecule has 1 aliphatic rings. The second-order valence-corrected chi connectivity index (χ2v) is 4.59. The van der Waals surface area contributed by atoms with Crippen molar-refractivity contribution >= 4 is 0 Å². The van der Waals surface area contributed by atoms with Gasteiger partial charge in [-0.1, -0.05) is 18.2 Å². The van der Waals surface area contributed by atoms with E-state index in [-0.39, 0.29) is 12.1 Å². The van der Waals surface area contributed by atoms with Gasteiger partial charge in [-0.3, -0.25) is 4.90 Å². The van der Waals surface area contributed by atoms with E-state index in [0.717, 1.165) is 30.8 Å². The third-order valence-electron chi connectivity index (χ3n) is 3.41. The van der Waals surface area contributed by atoms with Crippen molar-refractivity contribution in [2.45, 2.75) is 12.1 Å². The molecule has 0 radical (unpaired) electrons. The minimum Gasteiger partial charge on any atom is -0.374 e. The fourth-order valence-corrected chi connectivity index (χ4v) is 2.53. The quantitative estimate of drug-likeness (QED) is 0.868. The van der Waals surface area contributed by atoms with Gasteiger partial charge in [0.1, 0.15) is 0 Å². The molecule has 1 heterocycles. The van der Waals surface area contributed by atoms with Crippen molar-refractivity contribution in [1.82, 2.24) is 10.2 Å². The summed E-state index contributed by atoms with van der Waals surface area (Å²) < 4.78 is 5.84. The Morgan fingerprint density at radius 3 is 3.00 bits per heavy atom. The zero-order chi connectivity index (χ0) is 13.0. The molecule has 1 aromatic carbocycles. The predicted molar refractivity (Wildman–Crippen MR) is 70.2 cm³/mol. The molecule has 18 heavy (non-hydrogen) atoms. The average Bonchev–Trinajstić information content (AvgIpc) is 2.39. The molecule has 0 aromatic heterocycles. The third-order valence-corrected chi connectivity index (χ3v) is 3.41. The number of ether oxygens (including phenoxy) is 1. The standard InChI is InChI=1S/C14H19N3O/c1-16-10-13-14(17(2)7-8-18-13)12-6-4-3-5-11(12)9-15/h3-6,13-14,16H,7-8,10H2,1-2H3. The normalized spacial score (nSPS) is 24.7. The number of morpholine rings is 1. The van der Waals surface area contributed by atoms with Gasteiger partial charge in [-0.2, -0.15) is 5.26 Å². The molecular weight excluding hydrogens is 226 g/mol. The maximum absolute atomic E-state index is 9.23. The summed E-state index contributed by atoms with van der Waals surface area (Å²) in [5.74, 6) is 0. The van der Waals surface area contributed by atoms with Crippen LogP contribution in [0.4, 0.5) is 0 Å². The Labute approximate surface area is 108 Å². The maximum Gasteiger partial charge on any atom is 0.0995 e. The Kier molecular flexibility index (Phi) is 4.32. The Morgan fingerprint density at radius 1 is 1.50 bits per heavy atom. The minimum absolute atomic E-state index is 0.0863. The van der Waals surface area contributed by atoms with Crippen LogP contribution in [0.3, 0.4) is 0 Å². The first-order valence-electron chi connectivity index (χ1n) is 6.23. The number of benzene rings is 1. The van der Waals surface area contributed by atoms with Gasteiger partial charge in [0, 0.05) is 13.1 Å². The second kappa shape index (κ2) is 5.96. The SMILES string of the molecule is CNCC1OCCN(C)C1c1ccccc1C#N. The second-order valence-electron chi connectivity index (χ2n) is 4.59. The first-order chi connectivity index (χ1) is 8.77. The lowest BCUT2D eigenvalue weighted by Crippen LogP contribution is -2.47. The summed E-state index contributed by atoms with van der Waals surface area (Å²) in [7, 11) is 4.01. The largest absolute Gasteiger partial charge is 0.374 e. The number of nitrogens with one attached hydrogen (secondary N) is 1. The van der Waals surface area contributed by atoms with E-state index in [4.69, 9.17) is 4.74 Å². The van der Waals surface area contributed by atoms with Crippen LogP contribution in [0.2, 0.25) is 0 Å². The third kappa shape index (κ3) is 2.54. The first-order valence-corrected chi connectivity index (χ1v) is 6.23. The Balaban J connectivity index is 2.34. The van der Waals surface area contributed by atoms with Crippen molar-refractivity contribution in [2.24, 2.45) is 0 Å². The molecule has 4 nitrogen and oxygen atoms in total. The fraction of sp³-hybridized carbons (Fsp3) is 0.500. The van der Waals surface area contributed by atoms with E-state index in [0.29, 0.717) is 0 Å². The van der Waals surface area contributed by atoms with Crippen molar-refractivity contribution in [3.8, 4) is 6.07 Å². The molecule has 4 heteroatoms. The number of nitrogens with zero attached hydrogens (tertiary/aromatic N) is 2. The van der Waals surface area contributed by atoms with Crippen molar-refractivity contribution in [1.29, 1.82) is 5.26 Å². The first kappa shape index (κ1) is 13.0. The van der Waals surface area contributed by atoms with Crippen LogP contribution in [0.25, 0.3) is 0 Å². The molecule has 0 amide bonds. The highest BCUT2D eigenvalue weighted by Crippen LogP contribution is 2.30. The summed E-state index contributed by atoms with van der Waals surface area (Å²) in [5, 5.41) is 12.4. The number of hydrogen-bond acceptors (Lipinski definition) is 4. The molecule has 2 atom stereocenters. The highest BCUT2D eigenvalue weighted by Gasteiger charge is 2.32. The Morgan fingerprint density at radius 2 is 2.28 bits per heavy atom. The summed E-state index contributed by atoms with van der Waals surface area (Å²) in [5.41, 5.74) is 1.79. The minimum atomic E-state index is 0.0863. The van der Waals surface area contributed by atoms with E-state index in [9.17, 15) is 5.26 Å². The van der Waals surface area contributed by atoms with Crippen molar-refractivity contribution < 1.29 is 4.74 Å². The summed E-state index contributed by atoms with van der Waals surface area (Å²) >= 11 is 0. The summed E-state index contributed by atoms with van der Waals surface area (Å²) in [6.45, 7) is 2.42. The van der Waals surface area contributed by atoms with Gasteiger partial charge in [-0.15, -0.1) is 0 Å². The van der Waals surface area contributed by atoms with E-state index in [1.807, 2.05) is 31.3 Å². The van der Waals surface area contributed by atoms with Gasteiger partial charge in [0.05, 0.1) is 30.4 Å². The van der Waals surface area contributed by atoms with Crippen LogP contribution in [0.1, 0.15) is 17.2 Å². The van der Waals surface area contributed by atoms with Gasteiger partial charge in [-0.25, -0.2) is 0 Å². The Bertz CT molecular complexity index is 439. The molecule has 96 valence electrons. The molecule has 1 aliphatic heterocycles. The highest BCUT2D eigenvalue weighted by molar-refractivity contribution is 5.40. The molecule has 0 saturated carbocycles. The number of rotatable bonds is 3. The molecule has 2 rings (SSSR count). The van der Waals surface area contributed by atoms with E-state index >= 15 is 0 Å². The van der Waals surface area contributed by atoms with Gasteiger partial charge in [0.2, 0.25) is 0 Å². The van der Waals surface area contributed by atoms with E-state index < -0.39 is 0 Å². The highest BCUT2D eigenvalue weighted by atomic mass is 16.5. The molecule has 2 unspecified atom stereocenters. The van der Waals surface area contributed by atoms with Crippen LogP contribution < -0.4 is 5.32 Å². The smallest absolute Gasteiger partial charge is 0.0995 e. The van der Waals surface area contributed by atoms with E-state index in [1.54, 1.807) is 0 Å². The topological polar surface area (TPSA) is 48.3 Å². The zero-order valence-electron chi connectivity index (χ0n) is 10.9. The van der Waals surface area contributed by atoms with Crippen LogP contribution in [0.15, 0.2) is 24.3 Å². The molecule has 0 aliphatic carbocycles. The van der Waals surface area contributed by atoms with Gasteiger partial charge in [0.15, 0.2) is 0 Å². The molecule has 0 spiro atoms. The molecule has 1 saturated heterocycles. The van der Waals surface area contributed by atoms with Gasteiger partial charge in [0.25, 0.3) is 0 Å². The molecule has 1 fully saturated rings. The van der Waals surface area contributed by atoms with Crippen LogP contribution in [-0.4, -0.2) is 44.8 Å². The molecular formula is C14H19N3O. The van der Waals surface area contributed by atoms with Crippen molar-refractivity contribution in [3.05, 3.63) is 35.4 Å². The van der Waals surface area contributed by atoms with Crippen LogP contribution in [0, 0.1) is 11.3 Å². The molecule has 1 aromatic rings. The number of hydrogen-bond donors (Lipinski definition) is 1. The average molecular weight is 245 g/mol. The zero-order valence-corrected chi connectivity index (χ0v) is 10.9. The number of likely N-dealkylation sites (N-methyl/N-ethyl adjacent to an activating group) is 2. The monoisotopic (exact) mass is 245 g/mol. The summed E-state index contributed by atoms with van der Waals surface area (Å²) in [4.78, 5) is 2.27.